The number of fused-ring (bicyclic) bond motifs is 2. The molecule has 0 saturated carbocycles. The second-order valence-electron chi connectivity index (χ2n) is 7.52. The SMILES string of the molecule is CC1CN(c2ccc3oc(-c4nc5ccccc5s4)cc(=O)c3c2)CC(C)N1. The number of para-hydroxylation sites is 1. The van der Waals surface area contributed by atoms with E-state index in [-0.39, 0.29) is 5.43 Å². The van der Waals surface area contributed by atoms with Gasteiger partial charge >= 0.3 is 0 Å². The molecule has 1 N–H and O–H groups in total. The van der Waals surface area contributed by atoms with Crippen LogP contribution in [0.3, 0.4) is 0 Å². The topological polar surface area (TPSA) is 58.4 Å². The summed E-state index contributed by atoms with van der Waals surface area (Å²) in [6.45, 7) is 6.21. The maximum atomic E-state index is 12.8. The summed E-state index contributed by atoms with van der Waals surface area (Å²) in [4.78, 5) is 19.8. The number of anilines is 1. The van der Waals surface area contributed by atoms with Crippen LogP contribution in [-0.2, 0) is 0 Å². The van der Waals surface area contributed by atoms with Crippen LogP contribution >= 0.6 is 11.3 Å². The molecule has 2 atom stereocenters. The summed E-state index contributed by atoms with van der Waals surface area (Å²) in [5.41, 5.74) is 2.55. The van der Waals surface area contributed by atoms with Crippen LogP contribution in [0.1, 0.15) is 13.8 Å². The Labute approximate surface area is 166 Å². The lowest BCUT2D eigenvalue weighted by Gasteiger charge is -2.37. The maximum absolute atomic E-state index is 12.8. The predicted molar refractivity (Wildman–Crippen MR) is 115 cm³/mol. The van der Waals surface area contributed by atoms with E-state index in [1.165, 1.54) is 11.3 Å². The number of hydrogen-bond donors (Lipinski definition) is 1. The molecular formula is C22H21N3O2S. The van der Waals surface area contributed by atoms with Crippen LogP contribution in [0.2, 0.25) is 0 Å². The van der Waals surface area contributed by atoms with E-state index in [9.17, 15) is 4.79 Å². The number of thiazole rings is 1. The van der Waals surface area contributed by atoms with Crippen molar-refractivity contribution in [3.05, 3.63) is 58.8 Å². The van der Waals surface area contributed by atoms with Crippen LogP contribution in [-0.4, -0.2) is 30.2 Å². The van der Waals surface area contributed by atoms with Crippen LogP contribution in [0.5, 0.6) is 0 Å². The molecule has 5 nitrogen and oxygen atoms in total. The Morgan fingerprint density at radius 2 is 1.89 bits per heavy atom. The fourth-order valence-electron chi connectivity index (χ4n) is 3.96. The lowest BCUT2D eigenvalue weighted by molar-refractivity contribution is 0.407. The van der Waals surface area contributed by atoms with E-state index in [0.29, 0.717) is 28.8 Å². The van der Waals surface area contributed by atoms with Gasteiger partial charge < -0.3 is 14.6 Å². The van der Waals surface area contributed by atoms with Crippen LogP contribution in [0, 0.1) is 0 Å². The van der Waals surface area contributed by atoms with Gasteiger partial charge in [0.15, 0.2) is 16.2 Å². The molecular weight excluding hydrogens is 370 g/mol. The molecule has 2 aromatic carbocycles. The molecule has 5 rings (SSSR count). The average molecular weight is 391 g/mol. The first-order chi connectivity index (χ1) is 13.6. The number of piperazine rings is 1. The monoisotopic (exact) mass is 391 g/mol. The van der Waals surface area contributed by atoms with E-state index in [0.717, 1.165) is 34.0 Å². The van der Waals surface area contributed by atoms with Crippen molar-refractivity contribution in [2.45, 2.75) is 25.9 Å². The van der Waals surface area contributed by atoms with Crippen molar-refractivity contribution in [3.63, 3.8) is 0 Å². The minimum absolute atomic E-state index is 0.0337. The third-order valence-electron chi connectivity index (χ3n) is 5.14. The highest BCUT2D eigenvalue weighted by atomic mass is 32.1. The molecule has 3 heterocycles. The van der Waals surface area contributed by atoms with Crippen LogP contribution < -0.4 is 15.6 Å². The molecule has 0 amide bonds. The van der Waals surface area contributed by atoms with E-state index >= 15 is 0 Å². The Hall–Kier alpha value is -2.70. The van der Waals surface area contributed by atoms with Gasteiger partial charge in [0.25, 0.3) is 0 Å². The largest absolute Gasteiger partial charge is 0.453 e. The molecule has 1 aliphatic heterocycles. The normalized spacial score (nSPS) is 20.1. The van der Waals surface area contributed by atoms with Crippen molar-refractivity contribution in [2.75, 3.05) is 18.0 Å². The van der Waals surface area contributed by atoms with Gasteiger partial charge in [-0.15, -0.1) is 11.3 Å². The van der Waals surface area contributed by atoms with Gasteiger partial charge in [0.05, 0.1) is 15.6 Å². The van der Waals surface area contributed by atoms with E-state index in [1.54, 1.807) is 6.07 Å². The zero-order valence-electron chi connectivity index (χ0n) is 15.8. The molecule has 0 radical (unpaired) electrons. The fraction of sp³-hybridized carbons (Fsp3) is 0.273. The minimum atomic E-state index is -0.0337. The van der Waals surface area contributed by atoms with Crippen molar-refractivity contribution in [1.82, 2.24) is 10.3 Å². The zero-order chi connectivity index (χ0) is 19.3. The predicted octanol–water partition coefficient (Wildman–Crippen LogP) is 4.26. The molecule has 6 heteroatoms. The van der Waals surface area contributed by atoms with Gasteiger partial charge in [-0.05, 0) is 44.2 Å². The molecule has 28 heavy (non-hydrogen) atoms. The second-order valence-corrected chi connectivity index (χ2v) is 8.55. The molecule has 1 saturated heterocycles. The van der Waals surface area contributed by atoms with Crippen LogP contribution in [0.4, 0.5) is 5.69 Å². The van der Waals surface area contributed by atoms with Gasteiger partial charge in [0.1, 0.15) is 5.58 Å². The van der Waals surface area contributed by atoms with E-state index in [2.05, 4.69) is 29.0 Å². The summed E-state index contributed by atoms with van der Waals surface area (Å²) in [7, 11) is 0. The summed E-state index contributed by atoms with van der Waals surface area (Å²) >= 11 is 1.54. The summed E-state index contributed by atoms with van der Waals surface area (Å²) in [5.74, 6) is 0.524. The number of benzene rings is 2. The number of rotatable bonds is 2. The van der Waals surface area contributed by atoms with Gasteiger partial charge in [-0.3, -0.25) is 4.79 Å². The van der Waals surface area contributed by atoms with Gasteiger partial charge in [0, 0.05) is 36.9 Å². The van der Waals surface area contributed by atoms with E-state index < -0.39 is 0 Å². The van der Waals surface area contributed by atoms with Crippen molar-refractivity contribution < 1.29 is 4.42 Å². The Morgan fingerprint density at radius 3 is 2.68 bits per heavy atom. The maximum Gasteiger partial charge on any atom is 0.193 e. The van der Waals surface area contributed by atoms with Gasteiger partial charge in [-0.2, -0.15) is 0 Å². The molecule has 2 aromatic heterocycles. The number of hydrogen-bond acceptors (Lipinski definition) is 6. The van der Waals surface area contributed by atoms with Crippen molar-refractivity contribution in [2.24, 2.45) is 0 Å². The Kier molecular flexibility index (Phi) is 4.18. The van der Waals surface area contributed by atoms with Crippen LogP contribution in [0.15, 0.2) is 57.7 Å². The lowest BCUT2D eigenvalue weighted by atomic mass is 10.1. The molecule has 1 fully saturated rings. The molecule has 0 bridgehead atoms. The minimum Gasteiger partial charge on any atom is -0.453 e. The quantitative estimate of drug-likeness (QED) is 0.553. The van der Waals surface area contributed by atoms with Crippen molar-refractivity contribution in [3.8, 4) is 10.8 Å². The molecule has 1 aliphatic rings. The number of aromatic nitrogens is 1. The summed E-state index contributed by atoms with van der Waals surface area (Å²) in [5, 5.41) is 4.88. The van der Waals surface area contributed by atoms with Gasteiger partial charge in [-0.1, -0.05) is 12.1 Å². The third kappa shape index (κ3) is 3.08. The average Bonchev–Trinajstić information content (AvgIpc) is 3.11. The van der Waals surface area contributed by atoms with Gasteiger partial charge in [0.2, 0.25) is 0 Å². The first-order valence-corrected chi connectivity index (χ1v) is 10.3. The summed E-state index contributed by atoms with van der Waals surface area (Å²) in [6, 6.07) is 16.2. The molecule has 0 aliphatic carbocycles. The van der Waals surface area contributed by atoms with E-state index in [1.807, 2.05) is 42.5 Å². The smallest absolute Gasteiger partial charge is 0.193 e. The first kappa shape index (κ1) is 17.4. The molecule has 0 spiro atoms. The highest BCUT2D eigenvalue weighted by molar-refractivity contribution is 7.21. The Balaban J connectivity index is 1.56. The number of nitrogens with zero attached hydrogens (tertiary/aromatic N) is 2. The van der Waals surface area contributed by atoms with Crippen LogP contribution in [0.25, 0.3) is 32.0 Å². The van der Waals surface area contributed by atoms with Crippen molar-refractivity contribution >= 4 is 38.2 Å². The second kappa shape index (κ2) is 6.72. The Bertz CT molecular complexity index is 1190. The van der Waals surface area contributed by atoms with Crippen molar-refractivity contribution in [1.29, 1.82) is 0 Å². The third-order valence-corrected chi connectivity index (χ3v) is 6.19. The molecule has 142 valence electrons. The van der Waals surface area contributed by atoms with E-state index in [4.69, 9.17) is 4.42 Å². The highest BCUT2D eigenvalue weighted by Gasteiger charge is 2.22. The Morgan fingerprint density at radius 1 is 1.11 bits per heavy atom. The first-order valence-electron chi connectivity index (χ1n) is 9.52. The standard InChI is InChI=1S/C22H21N3O2S/c1-13-11-25(12-14(2)23-13)15-7-8-19-16(9-15)18(26)10-20(27-19)22-24-17-5-3-4-6-21(17)28-22/h3-10,13-14,23H,11-12H2,1-2H3. The summed E-state index contributed by atoms with van der Waals surface area (Å²) in [6.07, 6.45) is 0. The summed E-state index contributed by atoms with van der Waals surface area (Å²) < 4.78 is 7.14. The zero-order valence-corrected chi connectivity index (χ0v) is 16.6. The fourth-order valence-corrected chi connectivity index (χ4v) is 4.88. The number of nitrogens with one attached hydrogen (secondary N) is 1. The molecule has 2 unspecified atom stereocenters. The lowest BCUT2D eigenvalue weighted by Crippen LogP contribution is -2.54. The van der Waals surface area contributed by atoms with Gasteiger partial charge in [-0.25, -0.2) is 4.98 Å². The highest BCUT2D eigenvalue weighted by Crippen LogP contribution is 2.31. The molecule has 4 aromatic rings.